The summed E-state index contributed by atoms with van der Waals surface area (Å²) in [5, 5.41) is 4.56. The maximum atomic E-state index is 12.2. The molecule has 4 aromatic heterocycles. The Balaban J connectivity index is 1.53. The van der Waals surface area contributed by atoms with Gasteiger partial charge in [-0.25, -0.2) is 14.5 Å². The van der Waals surface area contributed by atoms with Crippen LogP contribution in [0.1, 0.15) is 35.9 Å². The first-order chi connectivity index (χ1) is 14.1. The SMILES string of the molecule is Cc1ncc(C)n2nc(C=Cc3nc(-n4ccccc4=O)cn3CC3CC3)nc12. The van der Waals surface area contributed by atoms with Crippen LogP contribution in [0.15, 0.2) is 41.6 Å². The van der Waals surface area contributed by atoms with Crippen LogP contribution in [0.4, 0.5) is 0 Å². The lowest BCUT2D eigenvalue weighted by molar-refractivity contribution is 0.621. The van der Waals surface area contributed by atoms with Crippen LogP contribution in [0.2, 0.25) is 0 Å². The molecule has 0 amide bonds. The van der Waals surface area contributed by atoms with Gasteiger partial charge in [0.2, 0.25) is 0 Å². The monoisotopic (exact) mass is 387 g/mol. The molecule has 8 nitrogen and oxygen atoms in total. The third-order valence-electron chi connectivity index (χ3n) is 5.12. The molecule has 8 heteroatoms. The second-order valence-electron chi connectivity index (χ2n) is 7.49. The predicted molar refractivity (Wildman–Crippen MR) is 110 cm³/mol. The number of hydrogen-bond acceptors (Lipinski definition) is 5. The van der Waals surface area contributed by atoms with Crippen molar-refractivity contribution < 1.29 is 0 Å². The molecule has 0 aliphatic heterocycles. The lowest BCUT2D eigenvalue weighted by atomic mass is 10.4. The summed E-state index contributed by atoms with van der Waals surface area (Å²) in [5.74, 6) is 2.69. The number of aryl methyl sites for hydroxylation is 2. The first-order valence-electron chi connectivity index (χ1n) is 9.71. The maximum Gasteiger partial charge on any atom is 0.256 e. The van der Waals surface area contributed by atoms with Gasteiger partial charge in [0, 0.05) is 31.2 Å². The molecule has 0 atom stereocenters. The number of pyridine rings is 1. The topological polar surface area (TPSA) is 82.9 Å². The zero-order valence-electron chi connectivity index (χ0n) is 16.4. The summed E-state index contributed by atoms with van der Waals surface area (Å²) in [6.45, 7) is 4.77. The average Bonchev–Trinajstić information content (AvgIpc) is 3.27. The number of rotatable bonds is 5. The van der Waals surface area contributed by atoms with E-state index in [4.69, 9.17) is 4.98 Å². The van der Waals surface area contributed by atoms with Crippen LogP contribution in [0.25, 0.3) is 23.6 Å². The third-order valence-corrected chi connectivity index (χ3v) is 5.12. The van der Waals surface area contributed by atoms with E-state index in [-0.39, 0.29) is 5.56 Å². The van der Waals surface area contributed by atoms with Gasteiger partial charge in [-0.15, -0.1) is 5.10 Å². The predicted octanol–water partition coefficient (Wildman–Crippen LogP) is 2.67. The minimum atomic E-state index is -0.0976. The minimum absolute atomic E-state index is 0.0976. The van der Waals surface area contributed by atoms with Gasteiger partial charge in [0.1, 0.15) is 5.82 Å². The molecule has 0 saturated heterocycles. The summed E-state index contributed by atoms with van der Waals surface area (Å²) in [6, 6.07) is 5.10. The fourth-order valence-corrected chi connectivity index (χ4v) is 3.34. The summed E-state index contributed by atoms with van der Waals surface area (Å²) in [5.41, 5.74) is 2.42. The Kier molecular flexibility index (Phi) is 4.12. The molecular formula is C21H21N7O. The molecule has 146 valence electrons. The average molecular weight is 387 g/mol. The van der Waals surface area contributed by atoms with Crippen molar-refractivity contribution in [1.82, 2.24) is 33.7 Å². The summed E-state index contributed by atoms with van der Waals surface area (Å²) < 4.78 is 5.47. The van der Waals surface area contributed by atoms with Crippen LogP contribution in [-0.4, -0.2) is 33.7 Å². The van der Waals surface area contributed by atoms with E-state index in [1.165, 1.54) is 18.9 Å². The Morgan fingerprint density at radius 2 is 2.03 bits per heavy atom. The van der Waals surface area contributed by atoms with Crippen molar-refractivity contribution in [3.8, 4) is 5.82 Å². The molecule has 1 fully saturated rings. The molecule has 1 saturated carbocycles. The van der Waals surface area contributed by atoms with Crippen molar-refractivity contribution in [3.63, 3.8) is 0 Å². The number of aromatic nitrogens is 7. The van der Waals surface area contributed by atoms with Gasteiger partial charge in [-0.3, -0.25) is 14.3 Å². The van der Waals surface area contributed by atoms with Crippen molar-refractivity contribution in [1.29, 1.82) is 0 Å². The first kappa shape index (κ1) is 17.5. The van der Waals surface area contributed by atoms with Crippen LogP contribution >= 0.6 is 0 Å². The van der Waals surface area contributed by atoms with Crippen molar-refractivity contribution in [2.24, 2.45) is 5.92 Å². The van der Waals surface area contributed by atoms with E-state index in [0.717, 1.165) is 29.4 Å². The number of imidazole rings is 1. The highest BCUT2D eigenvalue weighted by Gasteiger charge is 2.23. The van der Waals surface area contributed by atoms with E-state index in [1.54, 1.807) is 27.5 Å². The molecule has 1 aliphatic carbocycles. The zero-order chi connectivity index (χ0) is 20.0. The fourth-order valence-electron chi connectivity index (χ4n) is 3.34. The fraction of sp³-hybridized carbons (Fsp3) is 0.286. The van der Waals surface area contributed by atoms with E-state index >= 15 is 0 Å². The Labute approximate surface area is 167 Å². The number of hydrogen-bond donors (Lipinski definition) is 0. The lowest BCUT2D eigenvalue weighted by Crippen LogP contribution is -2.15. The van der Waals surface area contributed by atoms with Crippen molar-refractivity contribution >= 4 is 17.8 Å². The number of nitrogens with zero attached hydrogens (tertiary/aromatic N) is 7. The van der Waals surface area contributed by atoms with Crippen molar-refractivity contribution in [2.45, 2.75) is 33.2 Å². The van der Waals surface area contributed by atoms with E-state index in [9.17, 15) is 4.79 Å². The van der Waals surface area contributed by atoms with Crippen LogP contribution in [-0.2, 0) is 6.54 Å². The van der Waals surface area contributed by atoms with E-state index in [2.05, 4.69) is 19.6 Å². The molecule has 0 N–H and O–H groups in total. The highest BCUT2D eigenvalue weighted by Crippen LogP contribution is 2.31. The molecular weight excluding hydrogens is 366 g/mol. The van der Waals surface area contributed by atoms with Gasteiger partial charge in [0.25, 0.3) is 5.56 Å². The second-order valence-corrected chi connectivity index (χ2v) is 7.49. The highest BCUT2D eigenvalue weighted by molar-refractivity contribution is 5.65. The quantitative estimate of drug-likeness (QED) is 0.526. The standard InChI is InChI=1S/C21H21N7O/c1-14-11-22-15(2)21-23-17(25-28(14)21)8-9-18-24-19(13-26(18)12-16-6-7-16)27-10-4-3-5-20(27)29/h3-5,8-11,13,16H,6-7,12H2,1-2H3. The van der Waals surface area contributed by atoms with Gasteiger partial charge in [0.05, 0.1) is 11.4 Å². The molecule has 29 heavy (non-hydrogen) atoms. The van der Waals surface area contributed by atoms with Crippen molar-refractivity contribution in [3.05, 3.63) is 70.2 Å². The van der Waals surface area contributed by atoms with Gasteiger partial charge in [-0.05, 0) is 50.8 Å². The molecule has 0 spiro atoms. The molecule has 0 aromatic carbocycles. The maximum absolute atomic E-state index is 12.2. The van der Waals surface area contributed by atoms with Crippen LogP contribution in [0, 0.1) is 19.8 Å². The lowest BCUT2D eigenvalue weighted by Gasteiger charge is -2.02. The smallest absolute Gasteiger partial charge is 0.256 e. The Morgan fingerprint density at radius 1 is 1.17 bits per heavy atom. The van der Waals surface area contributed by atoms with E-state index in [0.29, 0.717) is 17.6 Å². The molecule has 0 radical (unpaired) electrons. The van der Waals surface area contributed by atoms with Gasteiger partial charge < -0.3 is 4.57 Å². The Morgan fingerprint density at radius 3 is 2.79 bits per heavy atom. The van der Waals surface area contributed by atoms with Gasteiger partial charge in [0.15, 0.2) is 17.3 Å². The summed E-state index contributed by atoms with van der Waals surface area (Å²) in [7, 11) is 0. The molecule has 4 aromatic rings. The second kappa shape index (κ2) is 6.80. The van der Waals surface area contributed by atoms with Crippen LogP contribution in [0.5, 0.6) is 0 Å². The minimum Gasteiger partial charge on any atom is -0.329 e. The van der Waals surface area contributed by atoms with Gasteiger partial charge in [-0.1, -0.05) is 6.07 Å². The van der Waals surface area contributed by atoms with Crippen LogP contribution in [0.3, 0.4) is 0 Å². The molecule has 5 rings (SSSR count). The summed E-state index contributed by atoms with van der Waals surface area (Å²) in [6.07, 6.45) is 11.7. The molecule has 0 unspecified atom stereocenters. The van der Waals surface area contributed by atoms with Crippen LogP contribution < -0.4 is 5.56 Å². The largest absolute Gasteiger partial charge is 0.329 e. The number of fused-ring (bicyclic) bond motifs is 1. The first-order valence-corrected chi connectivity index (χ1v) is 9.71. The highest BCUT2D eigenvalue weighted by atomic mass is 16.1. The van der Waals surface area contributed by atoms with Gasteiger partial charge >= 0.3 is 0 Å². The van der Waals surface area contributed by atoms with Crippen molar-refractivity contribution in [2.75, 3.05) is 0 Å². The summed E-state index contributed by atoms with van der Waals surface area (Å²) >= 11 is 0. The normalized spacial score (nSPS) is 14.3. The van der Waals surface area contributed by atoms with Gasteiger partial charge in [-0.2, -0.15) is 0 Å². The molecule has 1 aliphatic rings. The third kappa shape index (κ3) is 3.37. The molecule has 4 heterocycles. The Hall–Kier alpha value is -3.55. The Bertz CT molecular complexity index is 1250. The summed E-state index contributed by atoms with van der Waals surface area (Å²) in [4.78, 5) is 25.8. The zero-order valence-corrected chi connectivity index (χ0v) is 16.4. The molecule has 0 bridgehead atoms. The van der Waals surface area contributed by atoms with E-state index in [1.807, 2.05) is 38.3 Å². The van der Waals surface area contributed by atoms with E-state index < -0.39 is 0 Å².